The molecule has 158 valence electrons. The molecule has 0 aromatic heterocycles. The summed E-state index contributed by atoms with van der Waals surface area (Å²) < 4.78 is 5.44. The third-order valence-electron chi connectivity index (χ3n) is 5.47. The van der Waals surface area contributed by atoms with E-state index in [4.69, 9.17) is 27.9 Å². The lowest BCUT2D eigenvalue weighted by Crippen LogP contribution is -2.54. The molecule has 8 nitrogen and oxygen atoms in total. The van der Waals surface area contributed by atoms with Gasteiger partial charge in [-0.3, -0.25) is 14.9 Å². The fraction of sp³-hybridized carbons (Fsp3) is 0.526. The molecule has 2 atom stereocenters. The van der Waals surface area contributed by atoms with Gasteiger partial charge in [-0.2, -0.15) is 0 Å². The van der Waals surface area contributed by atoms with E-state index < -0.39 is 17.5 Å². The highest BCUT2D eigenvalue weighted by atomic mass is 35.5. The summed E-state index contributed by atoms with van der Waals surface area (Å²) in [5, 5.41) is 5.66. The third-order valence-corrected chi connectivity index (χ3v) is 6.19. The van der Waals surface area contributed by atoms with Gasteiger partial charge in [0.05, 0.1) is 22.8 Å². The Morgan fingerprint density at radius 3 is 2.55 bits per heavy atom. The van der Waals surface area contributed by atoms with E-state index in [1.165, 1.54) is 0 Å². The van der Waals surface area contributed by atoms with E-state index >= 15 is 0 Å². The Hall–Kier alpha value is -2.19. The van der Waals surface area contributed by atoms with Gasteiger partial charge in [-0.15, -0.1) is 0 Å². The van der Waals surface area contributed by atoms with E-state index in [0.717, 1.165) is 5.69 Å². The van der Waals surface area contributed by atoms with E-state index in [-0.39, 0.29) is 24.8 Å². The number of nitrogens with one attached hydrogen (secondary N) is 2. The number of halogens is 2. The van der Waals surface area contributed by atoms with Crippen LogP contribution in [0.4, 0.5) is 10.5 Å². The Bertz CT molecular complexity index is 850. The van der Waals surface area contributed by atoms with Crippen LogP contribution in [0.1, 0.15) is 26.7 Å². The highest BCUT2D eigenvalue weighted by Crippen LogP contribution is 2.38. The first-order chi connectivity index (χ1) is 13.6. The second-order valence-corrected chi connectivity index (χ2v) is 8.38. The van der Waals surface area contributed by atoms with Gasteiger partial charge in [-0.1, -0.05) is 23.2 Å². The maximum absolute atomic E-state index is 12.7. The Labute approximate surface area is 179 Å². The number of nitrogens with zero attached hydrogens (tertiary/aromatic N) is 2. The van der Waals surface area contributed by atoms with Crippen LogP contribution in [0, 0.1) is 0 Å². The number of carbonyl (C=O) groups excluding carboxylic acids is 3. The van der Waals surface area contributed by atoms with Gasteiger partial charge in [-0.25, -0.2) is 4.79 Å². The fourth-order valence-corrected chi connectivity index (χ4v) is 4.03. The summed E-state index contributed by atoms with van der Waals surface area (Å²) in [5.74, 6) is 0.176. The summed E-state index contributed by atoms with van der Waals surface area (Å²) in [7, 11) is 1.58. The molecule has 10 heteroatoms. The molecule has 0 bridgehead atoms. The lowest BCUT2D eigenvalue weighted by Gasteiger charge is -2.42. The number of benzene rings is 1. The average Bonchev–Trinajstić information content (AvgIpc) is 2.93. The van der Waals surface area contributed by atoms with Crippen molar-refractivity contribution in [3.05, 3.63) is 22.2 Å². The van der Waals surface area contributed by atoms with Crippen LogP contribution < -0.4 is 20.3 Å². The number of imide groups is 1. The summed E-state index contributed by atoms with van der Waals surface area (Å²) >= 11 is 12.3. The summed E-state index contributed by atoms with van der Waals surface area (Å²) in [5.41, 5.74) is -0.215. The molecule has 2 aliphatic heterocycles. The SMILES string of the molecule is COc1cc(Cl)c(Cl)cc1N1CCN(C(=O)CC[C@@]2(C)NC(=O)NC2=O)C[C@@H]1C. The minimum absolute atomic E-state index is 0.0314. The lowest BCUT2D eigenvalue weighted by molar-refractivity contribution is -0.132. The number of anilines is 1. The number of amides is 4. The van der Waals surface area contributed by atoms with E-state index in [9.17, 15) is 14.4 Å². The predicted molar refractivity (Wildman–Crippen MR) is 111 cm³/mol. The third kappa shape index (κ3) is 4.38. The first-order valence-corrected chi connectivity index (χ1v) is 10.1. The molecule has 0 aliphatic carbocycles. The van der Waals surface area contributed by atoms with Gasteiger partial charge in [-0.05, 0) is 26.3 Å². The Balaban J connectivity index is 1.63. The molecule has 4 amide bonds. The standard InChI is InChI=1S/C19H24Cl2N4O4/c1-11-10-24(16(26)4-5-19(2)17(27)22-18(28)23-19)6-7-25(11)14-8-12(20)13(21)9-15(14)29-3/h8-9,11H,4-7,10H2,1-3H3,(H2,22,23,27,28)/t11-,19+/m0/s1. The van der Waals surface area contributed by atoms with Crippen molar-refractivity contribution in [2.24, 2.45) is 0 Å². The van der Waals surface area contributed by atoms with Gasteiger partial charge >= 0.3 is 6.03 Å². The maximum Gasteiger partial charge on any atom is 0.322 e. The Morgan fingerprint density at radius 1 is 1.28 bits per heavy atom. The number of methoxy groups -OCH3 is 1. The molecule has 0 saturated carbocycles. The summed E-state index contributed by atoms with van der Waals surface area (Å²) in [6.45, 7) is 5.31. The Kier molecular flexibility index (Phi) is 6.14. The molecule has 2 N–H and O–H groups in total. The van der Waals surface area contributed by atoms with Crippen LogP contribution >= 0.6 is 23.2 Å². The Morgan fingerprint density at radius 2 is 1.97 bits per heavy atom. The van der Waals surface area contributed by atoms with Crippen LogP contribution in [-0.2, 0) is 9.59 Å². The summed E-state index contributed by atoms with van der Waals surface area (Å²) in [6.07, 6.45) is 0.422. The van der Waals surface area contributed by atoms with Gasteiger partial charge in [0.2, 0.25) is 5.91 Å². The monoisotopic (exact) mass is 442 g/mol. The molecule has 0 unspecified atom stereocenters. The van der Waals surface area contributed by atoms with Crippen molar-refractivity contribution in [3.63, 3.8) is 0 Å². The van der Waals surface area contributed by atoms with E-state index in [0.29, 0.717) is 35.4 Å². The zero-order valence-corrected chi connectivity index (χ0v) is 18.1. The number of piperazine rings is 1. The molecule has 1 aromatic rings. The number of urea groups is 1. The molecular weight excluding hydrogens is 419 g/mol. The topological polar surface area (TPSA) is 91.0 Å². The van der Waals surface area contributed by atoms with Crippen LogP contribution in [0.15, 0.2) is 12.1 Å². The minimum atomic E-state index is -1.05. The zero-order chi connectivity index (χ0) is 21.3. The van der Waals surface area contributed by atoms with Crippen molar-refractivity contribution in [3.8, 4) is 5.75 Å². The van der Waals surface area contributed by atoms with Crippen molar-refractivity contribution in [1.29, 1.82) is 0 Å². The van der Waals surface area contributed by atoms with Gasteiger partial charge in [0.15, 0.2) is 0 Å². The van der Waals surface area contributed by atoms with Crippen LogP contribution in [-0.4, -0.2) is 61.1 Å². The summed E-state index contributed by atoms with van der Waals surface area (Å²) in [6, 6.07) is 2.97. The number of rotatable bonds is 5. The molecule has 29 heavy (non-hydrogen) atoms. The second kappa shape index (κ2) is 8.28. The zero-order valence-electron chi connectivity index (χ0n) is 16.6. The van der Waals surface area contributed by atoms with Gasteiger partial charge in [0.1, 0.15) is 11.3 Å². The molecule has 0 radical (unpaired) electrons. The van der Waals surface area contributed by atoms with Crippen molar-refractivity contribution < 1.29 is 19.1 Å². The van der Waals surface area contributed by atoms with Crippen molar-refractivity contribution in [1.82, 2.24) is 15.5 Å². The van der Waals surface area contributed by atoms with Gasteiger partial charge in [0.25, 0.3) is 5.91 Å². The molecule has 1 aromatic carbocycles. The fourth-order valence-electron chi connectivity index (χ4n) is 3.72. The van der Waals surface area contributed by atoms with Crippen LogP contribution in [0.25, 0.3) is 0 Å². The normalized spacial score (nSPS) is 24.4. The van der Waals surface area contributed by atoms with E-state index in [2.05, 4.69) is 15.5 Å². The van der Waals surface area contributed by atoms with Crippen molar-refractivity contribution in [2.75, 3.05) is 31.6 Å². The smallest absolute Gasteiger partial charge is 0.322 e. The molecule has 0 spiro atoms. The minimum Gasteiger partial charge on any atom is -0.495 e. The van der Waals surface area contributed by atoms with Gasteiger partial charge in [0, 0.05) is 38.2 Å². The number of hydrogen-bond acceptors (Lipinski definition) is 5. The predicted octanol–water partition coefficient (Wildman–Crippen LogP) is 2.42. The second-order valence-electron chi connectivity index (χ2n) is 7.56. The number of hydrogen-bond donors (Lipinski definition) is 2. The number of carbonyl (C=O) groups is 3. The van der Waals surface area contributed by atoms with Crippen molar-refractivity contribution >= 4 is 46.7 Å². The van der Waals surface area contributed by atoms with Gasteiger partial charge < -0.3 is 19.9 Å². The molecule has 3 rings (SSSR count). The molecule has 2 fully saturated rings. The lowest BCUT2D eigenvalue weighted by atomic mass is 9.95. The van der Waals surface area contributed by atoms with Crippen LogP contribution in [0.5, 0.6) is 5.75 Å². The molecule has 2 aliphatic rings. The number of ether oxygens (including phenoxy) is 1. The molecule has 2 heterocycles. The highest BCUT2D eigenvalue weighted by molar-refractivity contribution is 6.42. The van der Waals surface area contributed by atoms with E-state index in [1.807, 2.05) is 6.92 Å². The maximum atomic E-state index is 12.7. The average molecular weight is 443 g/mol. The van der Waals surface area contributed by atoms with E-state index in [1.54, 1.807) is 31.1 Å². The van der Waals surface area contributed by atoms with Crippen LogP contribution in [0.2, 0.25) is 10.0 Å². The molecule has 2 saturated heterocycles. The first kappa shape index (κ1) is 21.5. The van der Waals surface area contributed by atoms with Crippen molar-refractivity contribution in [2.45, 2.75) is 38.3 Å². The molecular formula is C19H24Cl2N4O4. The summed E-state index contributed by atoms with van der Waals surface area (Å²) in [4.78, 5) is 39.9. The first-order valence-electron chi connectivity index (χ1n) is 9.35. The quantitative estimate of drug-likeness (QED) is 0.683. The highest BCUT2D eigenvalue weighted by Gasteiger charge is 2.42. The van der Waals surface area contributed by atoms with Crippen LogP contribution in [0.3, 0.4) is 0 Å². The largest absolute Gasteiger partial charge is 0.495 e.